The van der Waals surface area contributed by atoms with Crippen LogP contribution in [-0.4, -0.2) is 10.7 Å². The summed E-state index contributed by atoms with van der Waals surface area (Å²) in [7, 11) is 0. The molecule has 57 heavy (non-hydrogen) atoms. The van der Waals surface area contributed by atoms with E-state index in [0.29, 0.717) is 0 Å². The smallest absolute Gasteiger partial charge is 0.0937 e. The topological polar surface area (TPSA) is 25.2 Å². The SMILES string of the molecule is C1=CC2=Nc3c(nc(-c4ccc(-c5ccc6c(-c7ccc8ccccc8c7)c7ccccc7c(-c7ccc8ccccc8c7)c6c5)cc4)c4ccccc34)C2C=C1. The van der Waals surface area contributed by atoms with E-state index in [1.54, 1.807) is 0 Å². The Kier molecular flexibility index (Phi) is 7.02. The molecule has 264 valence electrons. The second-order valence-corrected chi connectivity index (χ2v) is 15.3. The summed E-state index contributed by atoms with van der Waals surface area (Å²) in [6.45, 7) is 0. The first-order valence-corrected chi connectivity index (χ1v) is 19.7. The average Bonchev–Trinajstić information content (AvgIpc) is 3.66. The highest BCUT2D eigenvalue weighted by Crippen LogP contribution is 2.47. The number of hydrogen-bond acceptors (Lipinski definition) is 2. The summed E-state index contributed by atoms with van der Waals surface area (Å²) >= 11 is 0. The minimum Gasteiger partial charge on any atom is -0.250 e. The van der Waals surface area contributed by atoms with Crippen molar-refractivity contribution in [3.05, 3.63) is 206 Å². The molecule has 0 spiro atoms. The van der Waals surface area contributed by atoms with Gasteiger partial charge in [0.2, 0.25) is 0 Å². The van der Waals surface area contributed by atoms with E-state index < -0.39 is 0 Å². The van der Waals surface area contributed by atoms with Gasteiger partial charge in [-0.05, 0) is 101 Å². The largest absolute Gasteiger partial charge is 0.250 e. The fraction of sp³-hybridized carbons (Fsp3) is 0.0182. The Morgan fingerprint density at radius 1 is 0.368 bits per heavy atom. The standard InChI is InChI=1S/C55H34N2/c1-3-13-38-31-41(27-23-34(38)11-1)51-43-15-5-6-16-44(43)52(42-28-24-35-12-2-4-14-39(35)32-42)49-33-40(29-30-45(49)51)36-21-25-37(26-22-36)53-46-17-7-8-18-47(46)54-55(57-53)48-19-9-10-20-50(48)56-54/h1-33,48H. The van der Waals surface area contributed by atoms with Crippen molar-refractivity contribution in [1.82, 2.24) is 4.98 Å². The van der Waals surface area contributed by atoms with Crippen molar-refractivity contribution in [2.45, 2.75) is 5.92 Å². The number of rotatable bonds is 4. The molecule has 2 heteroatoms. The van der Waals surface area contributed by atoms with Crippen LogP contribution in [0.4, 0.5) is 5.69 Å². The van der Waals surface area contributed by atoms with Crippen molar-refractivity contribution in [1.29, 1.82) is 0 Å². The van der Waals surface area contributed by atoms with Gasteiger partial charge in [-0.2, -0.15) is 0 Å². The van der Waals surface area contributed by atoms with Crippen LogP contribution in [0.5, 0.6) is 0 Å². The van der Waals surface area contributed by atoms with Crippen LogP contribution in [-0.2, 0) is 0 Å². The summed E-state index contributed by atoms with van der Waals surface area (Å²) in [5, 5.41) is 12.2. The average molecular weight is 723 g/mol. The molecule has 9 aromatic carbocycles. The van der Waals surface area contributed by atoms with Gasteiger partial charge in [0, 0.05) is 16.3 Å². The Hall–Kier alpha value is -7.42. The quantitative estimate of drug-likeness (QED) is 0.166. The number of pyridine rings is 1. The van der Waals surface area contributed by atoms with Crippen molar-refractivity contribution >= 4 is 65.3 Å². The van der Waals surface area contributed by atoms with Crippen molar-refractivity contribution in [3.63, 3.8) is 0 Å². The summed E-state index contributed by atoms with van der Waals surface area (Å²) in [4.78, 5) is 10.4. The predicted molar refractivity (Wildman–Crippen MR) is 242 cm³/mol. The number of nitrogens with zero attached hydrogens (tertiary/aromatic N) is 2. The molecule has 0 amide bonds. The number of aromatic nitrogens is 1. The van der Waals surface area contributed by atoms with Crippen LogP contribution < -0.4 is 0 Å². The Bertz CT molecular complexity index is 3400. The maximum Gasteiger partial charge on any atom is 0.0937 e. The maximum atomic E-state index is 5.33. The van der Waals surface area contributed by atoms with Crippen LogP contribution in [0.25, 0.3) is 98.5 Å². The number of allylic oxidation sites excluding steroid dienone is 4. The van der Waals surface area contributed by atoms with E-state index in [0.717, 1.165) is 39.1 Å². The fourth-order valence-corrected chi connectivity index (χ4v) is 9.31. The summed E-state index contributed by atoms with van der Waals surface area (Å²) in [5.41, 5.74) is 12.5. The molecule has 0 fully saturated rings. The molecule has 1 atom stereocenters. The minimum atomic E-state index is 0.0950. The minimum absolute atomic E-state index is 0.0950. The van der Waals surface area contributed by atoms with Gasteiger partial charge in [-0.15, -0.1) is 0 Å². The zero-order chi connectivity index (χ0) is 37.5. The van der Waals surface area contributed by atoms with Crippen LogP contribution in [0.3, 0.4) is 0 Å². The van der Waals surface area contributed by atoms with E-state index >= 15 is 0 Å². The van der Waals surface area contributed by atoms with E-state index in [1.165, 1.54) is 76.5 Å². The highest BCUT2D eigenvalue weighted by Gasteiger charge is 2.29. The first-order valence-electron chi connectivity index (χ1n) is 19.7. The van der Waals surface area contributed by atoms with Gasteiger partial charge in [0.25, 0.3) is 0 Å². The fourth-order valence-electron chi connectivity index (χ4n) is 9.31. The molecule has 1 unspecified atom stereocenters. The molecule has 0 bridgehead atoms. The Balaban J connectivity index is 1.05. The molecule has 2 heterocycles. The first-order chi connectivity index (χ1) is 28.2. The Morgan fingerprint density at radius 2 is 0.895 bits per heavy atom. The number of hydrogen-bond donors (Lipinski definition) is 0. The first kappa shape index (κ1) is 31.9. The van der Waals surface area contributed by atoms with Crippen LogP contribution in [0.1, 0.15) is 11.6 Å². The third-order valence-electron chi connectivity index (χ3n) is 12.0. The van der Waals surface area contributed by atoms with Crippen LogP contribution in [0, 0.1) is 0 Å². The number of benzene rings is 9. The van der Waals surface area contributed by atoms with E-state index in [9.17, 15) is 0 Å². The van der Waals surface area contributed by atoms with Crippen molar-refractivity contribution in [2.75, 3.05) is 0 Å². The van der Waals surface area contributed by atoms with Crippen molar-refractivity contribution in [2.24, 2.45) is 4.99 Å². The van der Waals surface area contributed by atoms with Gasteiger partial charge in [-0.3, -0.25) is 0 Å². The van der Waals surface area contributed by atoms with Gasteiger partial charge in [0.1, 0.15) is 0 Å². The molecule has 0 saturated carbocycles. The van der Waals surface area contributed by atoms with E-state index in [2.05, 4.69) is 200 Å². The van der Waals surface area contributed by atoms with Crippen LogP contribution in [0.2, 0.25) is 0 Å². The molecule has 2 aliphatic rings. The molecule has 1 aromatic heterocycles. The molecule has 10 aromatic rings. The van der Waals surface area contributed by atoms with Crippen molar-refractivity contribution < 1.29 is 0 Å². The molecule has 0 radical (unpaired) electrons. The lowest BCUT2D eigenvalue weighted by molar-refractivity contribution is 1.08. The summed E-state index contributed by atoms with van der Waals surface area (Å²) in [5.74, 6) is 0.0950. The Labute approximate surface area is 330 Å². The monoisotopic (exact) mass is 722 g/mol. The van der Waals surface area contributed by atoms with Gasteiger partial charge >= 0.3 is 0 Å². The second-order valence-electron chi connectivity index (χ2n) is 15.3. The van der Waals surface area contributed by atoms with E-state index in [4.69, 9.17) is 9.98 Å². The lowest BCUT2D eigenvalue weighted by atomic mass is 9.84. The number of fused-ring (bicyclic) bond motifs is 9. The summed E-state index contributed by atoms with van der Waals surface area (Å²) in [6, 6.07) is 64.6. The van der Waals surface area contributed by atoms with E-state index in [1.807, 2.05) is 0 Å². The lowest BCUT2D eigenvalue weighted by Crippen LogP contribution is -2.07. The zero-order valence-corrected chi connectivity index (χ0v) is 31.0. The molecule has 1 aliphatic carbocycles. The molecule has 12 rings (SSSR count). The summed E-state index contributed by atoms with van der Waals surface area (Å²) < 4.78 is 0. The molecule has 0 N–H and O–H groups in total. The predicted octanol–water partition coefficient (Wildman–Crippen LogP) is 14.8. The molecule has 1 aliphatic heterocycles. The molecule has 0 saturated heterocycles. The number of aliphatic imine (C=N–C) groups is 1. The van der Waals surface area contributed by atoms with Crippen LogP contribution in [0.15, 0.2) is 205 Å². The van der Waals surface area contributed by atoms with Gasteiger partial charge < -0.3 is 0 Å². The Morgan fingerprint density at radius 3 is 1.58 bits per heavy atom. The normalized spacial score (nSPS) is 14.5. The van der Waals surface area contributed by atoms with Crippen LogP contribution >= 0.6 is 0 Å². The molecule has 2 nitrogen and oxygen atoms in total. The van der Waals surface area contributed by atoms with Gasteiger partial charge in [0.05, 0.1) is 28.7 Å². The third-order valence-corrected chi connectivity index (χ3v) is 12.0. The van der Waals surface area contributed by atoms with Gasteiger partial charge in [-0.1, -0.05) is 176 Å². The summed E-state index contributed by atoms with van der Waals surface area (Å²) in [6.07, 6.45) is 8.48. The van der Waals surface area contributed by atoms with Gasteiger partial charge in [0.15, 0.2) is 0 Å². The van der Waals surface area contributed by atoms with E-state index in [-0.39, 0.29) is 5.92 Å². The second kappa shape index (κ2) is 12.6. The molecular formula is C55H34N2. The highest BCUT2D eigenvalue weighted by molar-refractivity contribution is 6.23. The zero-order valence-electron chi connectivity index (χ0n) is 31.0. The van der Waals surface area contributed by atoms with Gasteiger partial charge in [-0.25, -0.2) is 9.98 Å². The third kappa shape index (κ3) is 5.04. The highest BCUT2D eigenvalue weighted by atomic mass is 14.9. The lowest BCUT2D eigenvalue weighted by Gasteiger charge is -2.19. The van der Waals surface area contributed by atoms with Crippen molar-refractivity contribution in [3.8, 4) is 44.6 Å². The maximum absolute atomic E-state index is 5.33. The molecular weight excluding hydrogens is 689 g/mol.